The summed E-state index contributed by atoms with van der Waals surface area (Å²) in [7, 11) is -3.26. The van der Waals surface area contributed by atoms with Crippen LogP contribution < -0.4 is 14.4 Å². The molecular formula is C14H21N3O3S. The van der Waals surface area contributed by atoms with Crippen LogP contribution in [-0.4, -0.2) is 58.9 Å². The van der Waals surface area contributed by atoms with Gasteiger partial charge in [-0.25, -0.2) is 8.42 Å². The van der Waals surface area contributed by atoms with Gasteiger partial charge >= 0.3 is 0 Å². The van der Waals surface area contributed by atoms with Gasteiger partial charge in [-0.1, -0.05) is 6.07 Å². The second-order valence-corrected chi connectivity index (χ2v) is 7.42. The lowest BCUT2D eigenvalue weighted by Crippen LogP contribution is -2.43. The minimum absolute atomic E-state index is 0.378. The minimum Gasteiger partial charge on any atom is -0.489 e. The Labute approximate surface area is 125 Å². The monoisotopic (exact) mass is 311 g/mol. The molecule has 0 saturated carbocycles. The molecule has 116 valence electrons. The fourth-order valence-electron chi connectivity index (χ4n) is 2.81. The van der Waals surface area contributed by atoms with Gasteiger partial charge in [0.25, 0.3) is 0 Å². The predicted octanol–water partition coefficient (Wildman–Crippen LogP) is 0.250. The zero-order valence-corrected chi connectivity index (χ0v) is 13.0. The maximum Gasteiger partial charge on any atom is 0.232 e. The van der Waals surface area contributed by atoms with Crippen LogP contribution in [0.1, 0.15) is 5.56 Å². The molecule has 7 heteroatoms. The number of fused-ring (bicyclic) bond motifs is 1. The second kappa shape index (κ2) is 5.82. The number of hydrogen-bond donors (Lipinski definition) is 1. The van der Waals surface area contributed by atoms with Gasteiger partial charge in [0, 0.05) is 32.7 Å². The highest BCUT2D eigenvalue weighted by atomic mass is 32.2. The van der Waals surface area contributed by atoms with Gasteiger partial charge in [-0.3, -0.25) is 9.21 Å². The van der Waals surface area contributed by atoms with Gasteiger partial charge < -0.3 is 10.1 Å². The normalized spacial score (nSPS) is 20.0. The molecule has 2 heterocycles. The van der Waals surface area contributed by atoms with Crippen LogP contribution in [0.2, 0.25) is 0 Å². The molecule has 1 aromatic carbocycles. The van der Waals surface area contributed by atoms with Crippen LogP contribution in [0, 0.1) is 0 Å². The summed E-state index contributed by atoms with van der Waals surface area (Å²) in [5, 5.41) is 3.33. The highest BCUT2D eigenvalue weighted by molar-refractivity contribution is 7.92. The number of hydrogen-bond acceptors (Lipinski definition) is 5. The van der Waals surface area contributed by atoms with Crippen molar-refractivity contribution in [2.45, 2.75) is 6.54 Å². The number of rotatable bonds is 3. The summed E-state index contributed by atoms with van der Waals surface area (Å²) in [5.74, 6) is 0.649. The van der Waals surface area contributed by atoms with Crippen molar-refractivity contribution in [3.8, 4) is 5.75 Å². The first-order chi connectivity index (χ1) is 10.0. The molecule has 1 N–H and O–H groups in total. The fraction of sp³-hybridized carbons (Fsp3) is 0.571. The Morgan fingerprint density at radius 3 is 2.71 bits per heavy atom. The van der Waals surface area contributed by atoms with Crippen molar-refractivity contribution in [3.63, 3.8) is 0 Å². The van der Waals surface area contributed by atoms with Crippen molar-refractivity contribution in [1.82, 2.24) is 10.2 Å². The number of anilines is 1. The Balaban J connectivity index is 1.84. The van der Waals surface area contributed by atoms with Crippen LogP contribution in [-0.2, 0) is 16.6 Å². The van der Waals surface area contributed by atoms with Gasteiger partial charge in [0.1, 0.15) is 12.4 Å². The number of sulfonamides is 1. The van der Waals surface area contributed by atoms with Crippen LogP contribution in [0.4, 0.5) is 5.69 Å². The minimum atomic E-state index is -3.26. The molecule has 0 aliphatic carbocycles. The standard InChI is InChI=1S/C14H21N3O3S/c1-21(18,19)17-8-9-20-14-3-2-12(10-13(14)17)11-16-6-4-15-5-7-16/h2-3,10,15H,4-9,11H2,1H3. The van der Waals surface area contributed by atoms with Crippen LogP contribution in [0.5, 0.6) is 5.75 Å². The second-order valence-electron chi connectivity index (χ2n) is 5.51. The van der Waals surface area contributed by atoms with E-state index < -0.39 is 10.0 Å². The van der Waals surface area contributed by atoms with Gasteiger partial charge in [-0.05, 0) is 17.7 Å². The third-order valence-corrected chi connectivity index (χ3v) is 5.04. The maximum absolute atomic E-state index is 11.9. The third-order valence-electron chi connectivity index (χ3n) is 3.86. The number of nitrogens with zero attached hydrogens (tertiary/aromatic N) is 2. The Hall–Kier alpha value is -1.31. The molecule has 1 aromatic rings. The molecule has 6 nitrogen and oxygen atoms in total. The Kier molecular flexibility index (Phi) is 4.05. The molecule has 0 atom stereocenters. The lowest BCUT2D eigenvalue weighted by Gasteiger charge is -2.31. The smallest absolute Gasteiger partial charge is 0.232 e. The quantitative estimate of drug-likeness (QED) is 0.867. The summed E-state index contributed by atoms with van der Waals surface area (Å²) in [6.07, 6.45) is 1.24. The number of ether oxygens (including phenoxy) is 1. The van der Waals surface area contributed by atoms with Crippen LogP contribution in [0.25, 0.3) is 0 Å². The van der Waals surface area contributed by atoms with Crippen molar-refractivity contribution in [3.05, 3.63) is 23.8 Å². The van der Waals surface area contributed by atoms with E-state index in [2.05, 4.69) is 10.2 Å². The largest absolute Gasteiger partial charge is 0.489 e. The first-order valence-corrected chi connectivity index (χ1v) is 9.05. The number of piperazine rings is 1. The molecule has 2 aliphatic heterocycles. The van der Waals surface area contributed by atoms with E-state index in [0.29, 0.717) is 24.6 Å². The highest BCUT2D eigenvalue weighted by Crippen LogP contribution is 2.34. The molecular weight excluding hydrogens is 290 g/mol. The van der Waals surface area contributed by atoms with Crippen LogP contribution >= 0.6 is 0 Å². The Morgan fingerprint density at radius 1 is 1.24 bits per heavy atom. The molecule has 0 bridgehead atoms. The van der Waals surface area contributed by atoms with E-state index in [1.807, 2.05) is 18.2 Å². The van der Waals surface area contributed by atoms with E-state index in [-0.39, 0.29) is 0 Å². The summed E-state index contributed by atoms with van der Waals surface area (Å²) >= 11 is 0. The van der Waals surface area contributed by atoms with Crippen molar-refractivity contribution >= 4 is 15.7 Å². The van der Waals surface area contributed by atoms with Crippen LogP contribution in [0.3, 0.4) is 0 Å². The first kappa shape index (κ1) is 14.6. The van der Waals surface area contributed by atoms with Crippen LogP contribution in [0.15, 0.2) is 18.2 Å². The van der Waals surface area contributed by atoms with Gasteiger partial charge in [0.15, 0.2) is 0 Å². The zero-order valence-electron chi connectivity index (χ0n) is 12.2. The summed E-state index contributed by atoms with van der Waals surface area (Å²) in [4.78, 5) is 2.37. The van der Waals surface area contributed by atoms with Crippen molar-refractivity contribution in [2.75, 3.05) is 49.9 Å². The molecule has 2 aliphatic rings. The lowest BCUT2D eigenvalue weighted by molar-refractivity contribution is 0.233. The molecule has 21 heavy (non-hydrogen) atoms. The summed E-state index contributed by atoms with van der Waals surface area (Å²) in [5.41, 5.74) is 1.78. The average molecular weight is 311 g/mol. The molecule has 3 rings (SSSR count). The molecule has 0 spiro atoms. The molecule has 0 radical (unpaired) electrons. The maximum atomic E-state index is 11.9. The molecule has 0 amide bonds. The Bertz CT molecular complexity index is 612. The van der Waals surface area contributed by atoms with Crippen molar-refractivity contribution < 1.29 is 13.2 Å². The number of nitrogens with one attached hydrogen (secondary N) is 1. The van der Waals surface area contributed by atoms with Gasteiger partial charge in [-0.2, -0.15) is 0 Å². The summed E-state index contributed by atoms with van der Waals surface area (Å²) in [6.45, 7) is 5.66. The highest BCUT2D eigenvalue weighted by Gasteiger charge is 2.25. The fourth-order valence-corrected chi connectivity index (χ4v) is 3.72. The van der Waals surface area contributed by atoms with E-state index in [1.54, 1.807) is 0 Å². The van der Waals surface area contributed by atoms with Gasteiger partial charge in [0.05, 0.1) is 18.5 Å². The molecule has 1 saturated heterocycles. The van der Waals surface area contributed by atoms with E-state index in [9.17, 15) is 8.42 Å². The van der Waals surface area contributed by atoms with E-state index >= 15 is 0 Å². The zero-order chi connectivity index (χ0) is 14.9. The van der Waals surface area contributed by atoms with Gasteiger partial charge in [0.2, 0.25) is 10.0 Å². The van der Waals surface area contributed by atoms with E-state index in [1.165, 1.54) is 10.6 Å². The first-order valence-electron chi connectivity index (χ1n) is 7.20. The molecule has 0 unspecified atom stereocenters. The van der Waals surface area contributed by atoms with Gasteiger partial charge in [-0.15, -0.1) is 0 Å². The van der Waals surface area contributed by atoms with E-state index in [4.69, 9.17) is 4.74 Å². The number of benzene rings is 1. The van der Waals surface area contributed by atoms with Crippen molar-refractivity contribution in [1.29, 1.82) is 0 Å². The lowest BCUT2D eigenvalue weighted by atomic mass is 10.1. The molecule has 0 aromatic heterocycles. The molecule has 1 fully saturated rings. The summed E-state index contributed by atoms with van der Waals surface area (Å²) in [6, 6.07) is 5.84. The van der Waals surface area contributed by atoms with Crippen molar-refractivity contribution in [2.24, 2.45) is 0 Å². The summed E-state index contributed by atoms with van der Waals surface area (Å²) < 4.78 is 30.8. The Morgan fingerprint density at radius 2 is 2.00 bits per heavy atom. The predicted molar refractivity (Wildman–Crippen MR) is 82.3 cm³/mol. The van der Waals surface area contributed by atoms with E-state index in [0.717, 1.165) is 38.3 Å². The topological polar surface area (TPSA) is 61.9 Å². The SMILES string of the molecule is CS(=O)(=O)N1CCOc2ccc(CN3CCNCC3)cc21. The third kappa shape index (κ3) is 3.30. The average Bonchev–Trinajstić information content (AvgIpc) is 2.46.